The number of carbonyl (C=O) groups excluding carboxylic acids is 1. The molecule has 1 unspecified atom stereocenters. The van der Waals surface area contributed by atoms with Crippen molar-refractivity contribution in [2.45, 2.75) is 13.3 Å². The summed E-state index contributed by atoms with van der Waals surface area (Å²) in [6, 6.07) is 11.1. The highest BCUT2D eigenvalue weighted by Gasteiger charge is 2.24. The number of hydrogen-bond acceptors (Lipinski definition) is 6. The molecule has 170 valence electrons. The van der Waals surface area contributed by atoms with Crippen LogP contribution in [0, 0.1) is 5.92 Å². The Bertz CT molecular complexity index is 1150. The van der Waals surface area contributed by atoms with Gasteiger partial charge in [0.2, 0.25) is 11.8 Å². The number of amides is 2. The Hall–Kier alpha value is -3.65. The smallest absolute Gasteiger partial charge is 0.323 e. The highest BCUT2D eigenvalue weighted by Crippen LogP contribution is 2.27. The second kappa shape index (κ2) is 10.3. The third-order valence-electron chi connectivity index (χ3n) is 5.27. The van der Waals surface area contributed by atoms with Crippen molar-refractivity contribution in [3.05, 3.63) is 71.1 Å². The molecule has 1 N–H and O–H groups in total. The van der Waals surface area contributed by atoms with Crippen molar-refractivity contribution in [2.24, 2.45) is 5.92 Å². The van der Waals surface area contributed by atoms with Gasteiger partial charge in [-0.2, -0.15) is 4.98 Å². The van der Waals surface area contributed by atoms with E-state index in [2.05, 4.69) is 33.3 Å². The molecular formula is C24H24ClN5O3. The minimum Gasteiger partial charge on any atom is -0.480 e. The monoisotopic (exact) mass is 465 g/mol. The second-order valence-electron chi connectivity index (χ2n) is 7.68. The van der Waals surface area contributed by atoms with Crippen LogP contribution in [0.1, 0.15) is 18.9 Å². The van der Waals surface area contributed by atoms with Crippen molar-refractivity contribution in [1.29, 1.82) is 0 Å². The molecule has 1 atom stereocenters. The van der Waals surface area contributed by atoms with Crippen LogP contribution in [0.2, 0.25) is 5.02 Å². The van der Waals surface area contributed by atoms with Gasteiger partial charge in [0, 0.05) is 25.4 Å². The normalized spacial score (nSPS) is 17.0. The molecule has 0 bridgehead atoms. The number of anilines is 1. The first kappa shape index (κ1) is 22.5. The minimum atomic E-state index is -0.200. The fourth-order valence-electron chi connectivity index (χ4n) is 3.57. The Morgan fingerprint density at radius 2 is 2.09 bits per heavy atom. The fraction of sp³-hybridized carbons (Fsp3) is 0.250. The summed E-state index contributed by atoms with van der Waals surface area (Å²) in [5.74, 6) is 2.10. The number of piperidine rings is 1. The first-order valence-corrected chi connectivity index (χ1v) is 10.9. The number of methoxy groups -OCH3 is 1. The van der Waals surface area contributed by atoms with Crippen molar-refractivity contribution in [2.75, 3.05) is 25.5 Å². The summed E-state index contributed by atoms with van der Waals surface area (Å²) in [6.07, 6.45) is 7.47. The summed E-state index contributed by atoms with van der Waals surface area (Å²) in [7, 11) is 1.51. The molecular weight excluding hydrogens is 442 g/mol. The molecule has 3 heterocycles. The summed E-state index contributed by atoms with van der Waals surface area (Å²) < 4.78 is 10.9. The molecule has 0 radical (unpaired) electrons. The Balaban J connectivity index is 1.38. The number of rotatable bonds is 5. The van der Waals surface area contributed by atoms with Crippen LogP contribution < -0.4 is 14.8 Å². The molecule has 1 aromatic carbocycles. The van der Waals surface area contributed by atoms with E-state index in [1.807, 2.05) is 24.3 Å². The lowest BCUT2D eigenvalue weighted by atomic mass is 9.91. The number of urea groups is 1. The zero-order valence-corrected chi connectivity index (χ0v) is 19.1. The molecule has 33 heavy (non-hydrogen) atoms. The molecule has 8 nitrogen and oxygen atoms in total. The van der Waals surface area contributed by atoms with Crippen molar-refractivity contribution >= 4 is 29.5 Å². The van der Waals surface area contributed by atoms with E-state index in [1.54, 1.807) is 23.2 Å². The number of ether oxygens (including phenoxy) is 2. The third kappa shape index (κ3) is 5.98. The van der Waals surface area contributed by atoms with Gasteiger partial charge in [-0.25, -0.2) is 9.78 Å². The van der Waals surface area contributed by atoms with E-state index in [1.165, 1.54) is 25.1 Å². The molecule has 2 amide bonds. The summed E-state index contributed by atoms with van der Waals surface area (Å²) in [5, 5.41) is 3.35. The number of nitrogens with zero attached hydrogens (tertiary/aromatic N) is 4. The van der Waals surface area contributed by atoms with Gasteiger partial charge in [-0.1, -0.05) is 42.3 Å². The van der Waals surface area contributed by atoms with E-state index >= 15 is 0 Å². The lowest BCUT2D eigenvalue weighted by Crippen LogP contribution is -2.42. The van der Waals surface area contributed by atoms with E-state index in [-0.39, 0.29) is 11.9 Å². The van der Waals surface area contributed by atoms with Gasteiger partial charge >= 0.3 is 6.03 Å². The lowest BCUT2D eigenvalue weighted by Gasteiger charge is -2.33. The number of carbonyl (C=O) groups is 1. The molecule has 3 aromatic rings. The number of hydrogen-bond donors (Lipinski definition) is 1. The van der Waals surface area contributed by atoms with Crippen LogP contribution >= 0.6 is 11.6 Å². The molecule has 9 heteroatoms. The topological polar surface area (TPSA) is 89.5 Å². The van der Waals surface area contributed by atoms with Crippen molar-refractivity contribution in [3.63, 3.8) is 0 Å². The van der Waals surface area contributed by atoms with Crippen LogP contribution in [0.5, 0.6) is 17.5 Å². The maximum absolute atomic E-state index is 12.7. The van der Waals surface area contributed by atoms with Crippen molar-refractivity contribution in [1.82, 2.24) is 19.9 Å². The molecule has 0 spiro atoms. The Kier molecular flexibility index (Phi) is 7.04. The number of aromatic nitrogens is 3. The summed E-state index contributed by atoms with van der Waals surface area (Å²) >= 11 is 5.88. The standard InChI is InChI=1S/C24H24ClN5O3/c1-16-15-30(24(31)29-21-13-26-14-23(28-21)32-2)9-8-18(16)10-17-4-3-5-20(11-17)33-22-7-6-19(25)12-27-22/h3-7,10-14,16H,8-9,15H2,1-2H3,(H,28,29,31)/b18-10+. The predicted molar refractivity (Wildman–Crippen MR) is 127 cm³/mol. The Morgan fingerprint density at radius 1 is 1.21 bits per heavy atom. The number of halogens is 1. The van der Waals surface area contributed by atoms with Gasteiger partial charge in [-0.15, -0.1) is 0 Å². The largest absolute Gasteiger partial charge is 0.480 e. The Morgan fingerprint density at radius 3 is 2.85 bits per heavy atom. The highest BCUT2D eigenvalue weighted by atomic mass is 35.5. The summed E-state index contributed by atoms with van der Waals surface area (Å²) in [4.78, 5) is 26.8. The van der Waals surface area contributed by atoms with E-state index < -0.39 is 0 Å². The summed E-state index contributed by atoms with van der Waals surface area (Å²) in [5.41, 5.74) is 2.31. The molecule has 0 aliphatic carbocycles. The van der Waals surface area contributed by atoms with Crippen molar-refractivity contribution < 1.29 is 14.3 Å². The van der Waals surface area contributed by atoms with E-state index in [0.717, 1.165) is 12.0 Å². The average Bonchev–Trinajstić information content (AvgIpc) is 2.82. The van der Waals surface area contributed by atoms with Gasteiger partial charge in [0.25, 0.3) is 0 Å². The zero-order chi connectivity index (χ0) is 23.2. The van der Waals surface area contributed by atoms with Crippen LogP contribution in [0.15, 0.2) is 60.6 Å². The first-order chi connectivity index (χ1) is 16.0. The predicted octanol–water partition coefficient (Wildman–Crippen LogP) is 5.28. The highest BCUT2D eigenvalue weighted by molar-refractivity contribution is 6.30. The van der Waals surface area contributed by atoms with Gasteiger partial charge < -0.3 is 14.4 Å². The number of likely N-dealkylation sites (tertiary alicyclic amines) is 1. The second-order valence-corrected chi connectivity index (χ2v) is 8.12. The maximum atomic E-state index is 12.7. The van der Waals surface area contributed by atoms with E-state index in [0.29, 0.717) is 41.4 Å². The van der Waals surface area contributed by atoms with Crippen LogP contribution in [0.25, 0.3) is 6.08 Å². The van der Waals surface area contributed by atoms with Crippen LogP contribution in [-0.2, 0) is 0 Å². The van der Waals surface area contributed by atoms with Gasteiger partial charge in [0.15, 0.2) is 5.82 Å². The molecule has 1 saturated heterocycles. The molecule has 4 rings (SSSR count). The van der Waals surface area contributed by atoms with Crippen LogP contribution in [-0.4, -0.2) is 46.1 Å². The molecule has 0 saturated carbocycles. The van der Waals surface area contributed by atoms with Gasteiger partial charge in [-0.3, -0.25) is 10.3 Å². The molecule has 1 aliphatic rings. The molecule has 2 aromatic heterocycles. The zero-order valence-electron chi connectivity index (χ0n) is 18.4. The number of benzene rings is 1. The third-order valence-corrected chi connectivity index (χ3v) is 5.50. The molecule has 1 aliphatic heterocycles. The lowest BCUT2D eigenvalue weighted by molar-refractivity contribution is 0.197. The van der Waals surface area contributed by atoms with Crippen molar-refractivity contribution in [3.8, 4) is 17.5 Å². The van der Waals surface area contributed by atoms with Crippen LogP contribution in [0.3, 0.4) is 0 Å². The summed E-state index contributed by atoms with van der Waals surface area (Å²) in [6.45, 7) is 3.35. The van der Waals surface area contributed by atoms with Gasteiger partial charge in [-0.05, 0) is 36.1 Å². The number of pyridine rings is 1. The minimum absolute atomic E-state index is 0.200. The molecule has 1 fully saturated rings. The number of nitrogens with one attached hydrogen (secondary N) is 1. The van der Waals surface area contributed by atoms with E-state index in [9.17, 15) is 4.79 Å². The first-order valence-electron chi connectivity index (χ1n) is 10.5. The quantitative estimate of drug-likeness (QED) is 0.551. The van der Waals surface area contributed by atoms with Crippen LogP contribution in [0.4, 0.5) is 10.6 Å². The fourth-order valence-corrected chi connectivity index (χ4v) is 3.68. The average molecular weight is 466 g/mol. The Labute approximate surface area is 197 Å². The van der Waals surface area contributed by atoms with Gasteiger partial charge in [0.05, 0.1) is 24.5 Å². The van der Waals surface area contributed by atoms with Gasteiger partial charge in [0.1, 0.15) is 5.75 Å². The van der Waals surface area contributed by atoms with E-state index in [4.69, 9.17) is 21.1 Å². The SMILES string of the molecule is COc1cncc(NC(=O)N2CC/C(=C\c3cccc(Oc4ccc(Cl)cn4)c3)C(C)C2)n1. The maximum Gasteiger partial charge on any atom is 0.323 e.